The zero-order valence-electron chi connectivity index (χ0n) is 18.9. The molecule has 8 nitrogen and oxygen atoms in total. The lowest BCUT2D eigenvalue weighted by Crippen LogP contribution is -2.44. The number of sulfonamides is 1. The molecule has 1 aliphatic heterocycles. The predicted octanol–water partition coefficient (Wildman–Crippen LogP) is 3.96. The lowest BCUT2D eigenvalue weighted by atomic mass is 10.1. The number of hydrogen-bond acceptors (Lipinski definition) is 6. The van der Waals surface area contributed by atoms with Gasteiger partial charge in [-0.1, -0.05) is 23.2 Å². The van der Waals surface area contributed by atoms with E-state index in [0.29, 0.717) is 17.1 Å². The average Bonchev–Trinajstić information content (AvgIpc) is 2.99. The van der Waals surface area contributed by atoms with Crippen LogP contribution < -0.4 is 9.62 Å². The van der Waals surface area contributed by atoms with E-state index in [4.69, 9.17) is 23.2 Å². The quantitative estimate of drug-likeness (QED) is 0.561. The third kappa shape index (κ3) is 4.82. The lowest BCUT2D eigenvalue weighted by molar-refractivity contribution is 0.312. The van der Waals surface area contributed by atoms with Crippen LogP contribution in [0, 0.1) is 13.8 Å². The fraction of sp³-hybridized carbons (Fsp3) is 0.364. The number of nitrogens with one attached hydrogen (secondary N) is 1. The van der Waals surface area contributed by atoms with E-state index in [-0.39, 0.29) is 14.9 Å². The SMILES string of the molecule is Cc1nn(C)c(C)c1NS(=O)(=O)c1c(Cl)cc(-c2ccnc(N3CCN(C)CC3)c2)cc1Cl. The van der Waals surface area contributed by atoms with Gasteiger partial charge in [0.2, 0.25) is 0 Å². The van der Waals surface area contributed by atoms with Gasteiger partial charge in [0.15, 0.2) is 0 Å². The van der Waals surface area contributed by atoms with Crippen molar-refractivity contribution >= 4 is 44.7 Å². The first-order valence-electron chi connectivity index (χ1n) is 10.5. The Hall–Kier alpha value is -2.33. The molecule has 0 radical (unpaired) electrons. The number of hydrogen-bond donors (Lipinski definition) is 1. The summed E-state index contributed by atoms with van der Waals surface area (Å²) in [6.07, 6.45) is 1.74. The third-order valence-corrected chi connectivity index (χ3v) is 8.19. The molecular weight excluding hydrogens is 483 g/mol. The van der Waals surface area contributed by atoms with Crippen LogP contribution in [0.25, 0.3) is 11.1 Å². The van der Waals surface area contributed by atoms with Crippen molar-refractivity contribution in [1.29, 1.82) is 0 Å². The van der Waals surface area contributed by atoms with Crippen molar-refractivity contribution in [2.75, 3.05) is 42.8 Å². The van der Waals surface area contributed by atoms with E-state index < -0.39 is 10.0 Å². The van der Waals surface area contributed by atoms with Crippen LogP contribution in [0.3, 0.4) is 0 Å². The van der Waals surface area contributed by atoms with Crippen LogP contribution in [0.2, 0.25) is 10.0 Å². The predicted molar refractivity (Wildman–Crippen MR) is 133 cm³/mol. The van der Waals surface area contributed by atoms with Crippen molar-refractivity contribution in [3.8, 4) is 11.1 Å². The molecule has 1 N–H and O–H groups in total. The van der Waals surface area contributed by atoms with Crippen LogP contribution in [0.1, 0.15) is 11.4 Å². The molecule has 0 amide bonds. The minimum absolute atomic E-state index is 0.0437. The van der Waals surface area contributed by atoms with Gasteiger partial charge in [0.25, 0.3) is 10.0 Å². The van der Waals surface area contributed by atoms with E-state index in [1.807, 2.05) is 12.1 Å². The summed E-state index contributed by atoms with van der Waals surface area (Å²) in [5.41, 5.74) is 3.25. The van der Waals surface area contributed by atoms with Gasteiger partial charge < -0.3 is 9.80 Å². The minimum Gasteiger partial charge on any atom is -0.354 e. The highest BCUT2D eigenvalue weighted by Crippen LogP contribution is 2.37. The van der Waals surface area contributed by atoms with Gasteiger partial charge in [-0.3, -0.25) is 9.40 Å². The number of aryl methyl sites for hydroxylation is 2. The molecule has 176 valence electrons. The Morgan fingerprint density at radius 1 is 0.970 bits per heavy atom. The van der Waals surface area contributed by atoms with Gasteiger partial charge in [0.1, 0.15) is 10.7 Å². The fourth-order valence-corrected chi connectivity index (χ4v) is 6.29. The number of benzene rings is 1. The number of halogens is 2. The normalized spacial score (nSPS) is 15.2. The molecule has 4 rings (SSSR count). The van der Waals surface area contributed by atoms with Crippen molar-refractivity contribution in [1.82, 2.24) is 19.7 Å². The van der Waals surface area contributed by atoms with E-state index >= 15 is 0 Å². The first-order chi connectivity index (χ1) is 15.6. The second kappa shape index (κ2) is 9.13. The summed E-state index contributed by atoms with van der Waals surface area (Å²) in [4.78, 5) is 8.86. The molecule has 0 saturated carbocycles. The first kappa shape index (κ1) is 23.8. The standard InChI is InChI=1S/C22H26Cl2N6O2S/c1-14-21(15(2)29(4)26-14)27-33(31,32)22-18(23)11-17(12-19(22)24)16-5-6-25-20(13-16)30-9-7-28(3)8-10-30/h5-6,11-13,27H,7-10H2,1-4H3. The van der Waals surface area contributed by atoms with Crippen LogP contribution in [0.5, 0.6) is 0 Å². The Kier molecular flexibility index (Phi) is 6.59. The summed E-state index contributed by atoms with van der Waals surface area (Å²) >= 11 is 12.9. The van der Waals surface area contributed by atoms with Crippen molar-refractivity contribution in [3.05, 3.63) is 51.9 Å². The van der Waals surface area contributed by atoms with Gasteiger partial charge in [-0.05, 0) is 56.3 Å². The van der Waals surface area contributed by atoms with Crippen molar-refractivity contribution < 1.29 is 8.42 Å². The molecule has 0 spiro atoms. The number of piperazine rings is 1. The molecular formula is C22H26Cl2N6O2S. The fourth-order valence-electron chi connectivity index (χ4n) is 3.90. The lowest BCUT2D eigenvalue weighted by Gasteiger charge is -2.33. The summed E-state index contributed by atoms with van der Waals surface area (Å²) in [7, 11) is -0.175. The molecule has 0 atom stereocenters. The maximum atomic E-state index is 13.2. The Bertz CT molecular complexity index is 1280. The molecule has 3 heterocycles. The number of likely N-dealkylation sites (N-methyl/N-ethyl adjacent to an activating group) is 1. The largest absolute Gasteiger partial charge is 0.354 e. The molecule has 1 saturated heterocycles. The second-order valence-corrected chi connectivity index (χ2v) is 10.7. The van der Waals surface area contributed by atoms with Gasteiger partial charge in [-0.2, -0.15) is 5.10 Å². The maximum Gasteiger partial charge on any atom is 0.264 e. The van der Waals surface area contributed by atoms with Crippen molar-refractivity contribution in [2.24, 2.45) is 7.05 Å². The summed E-state index contributed by atoms with van der Waals surface area (Å²) < 4.78 is 30.5. The molecule has 1 aliphatic rings. The van der Waals surface area contributed by atoms with E-state index in [9.17, 15) is 8.42 Å². The average molecular weight is 509 g/mol. The number of aromatic nitrogens is 3. The summed E-state index contributed by atoms with van der Waals surface area (Å²) in [5.74, 6) is 0.869. The van der Waals surface area contributed by atoms with Crippen molar-refractivity contribution in [2.45, 2.75) is 18.7 Å². The zero-order valence-corrected chi connectivity index (χ0v) is 21.3. The Morgan fingerprint density at radius 2 is 1.61 bits per heavy atom. The molecule has 11 heteroatoms. The minimum atomic E-state index is -4.03. The van der Waals surface area contributed by atoms with Gasteiger partial charge in [-0.15, -0.1) is 0 Å². The van der Waals surface area contributed by atoms with Gasteiger partial charge >= 0.3 is 0 Å². The van der Waals surface area contributed by atoms with Crippen molar-refractivity contribution in [3.63, 3.8) is 0 Å². The Balaban J connectivity index is 1.66. The number of nitrogens with zero attached hydrogens (tertiary/aromatic N) is 5. The highest BCUT2D eigenvalue weighted by Gasteiger charge is 2.26. The first-order valence-corrected chi connectivity index (χ1v) is 12.7. The van der Waals surface area contributed by atoms with E-state index in [2.05, 4.69) is 31.7 Å². The van der Waals surface area contributed by atoms with E-state index in [1.165, 1.54) is 0 Å². The topological polar surface area (TPSA) is 83.4 Å². The molecule has 1 aromatic carbocycles. The van der Waals surface area contributed by atoms with E-state index in [0.717, 1.165) is 43.1 Å². The van der Waals surface area contributed by atoms with Crippen LogP contribution in [-0.2, 0) is 17.1 Å². The summed E-state index contributed by atoms with van der Waals surface area (Å²) in [5, 5.41) is 4.34. The highest BCUT2D eigenvalue weighted by atomic mass is 35.5. The third-order valence-electron chi connectivity index (χ3n) is 5.92. The molecule has 0 bridgehead atoms. The smallest absolute Gasteiger partial charge is 0.264 e. The summed E-state index contributed by atoms with van der Waals surface area (Å²) in [6, 6.07) is 7.07. The monoisotopic (exact) mass is 508 g/mol. The van der Waals surface area contributed by atoms with E-state index in [1.54, 1.807) is 43.9 Å². The Morgan fingerprint density at radius 3 is 2.18 bits per heavy atom. The molecule has 3 aromatic rings. The molecule has 0 aliphatic carbocycles. The maximum absolute atomic E-state index is 13.2. The second-order valence-electron chi connectivity index (χ2n) is 8.24. The van der Waals surface area contributed by atoms with Gasteiger partial charge in [-0.25, -0.2) is 13.4 Å². The van der Waals surface area contributed by atoms with Crippen LogP contribution in [0.4, 0.5) is 11.5 Å². The van der Waals surface area contributed by atoms with Gasteiger partial charge in [0, 0.05) is 39.4 Å². The number of rotatable bonds is 5. The number of pyridine rings is 1. The van der Waals surface area contributed by atoms with Gasteiger partial charge in [0.05, 0.1) is 27.1 Å². The highest BCUT2D eigenvalue weighted by molar-refractivity contribution is 7.93. The molecule has 0 unspecified atom stereocenters. The van der Waals surface area contributed by atoms with Crippen LogP contribution >= 0.6 is 23.2 Å². The van der Waals surface area contributed by atoms with Crippen LogP contribution in [-0.4, -0.2) is 61.3 Å². The molecule has 33 heavy (non-hydrogen) atoms. The Labute approximate surface area is 204 Å². The zero-order chi connectivity index (χ0) is 23.9. The molecule has 2 aromatic heterocycles. The number of anilines is 2. The van der Waals surface area contributed by atoms with Crippen LogP contribution in [0.15, 0.2) is 35.4 Å². The summed E-state index contributed by atoms with van der Waals surface area (Å²) in [6.45, 7) is 7.25. The molecule has 1 fully saturated rings.